The highest BCUT2D eigenvalue weighted by atomic mass is 32.1. The molecule has 3 nitrogen and oxygen atoms in total. The molecule has 1 aromatic heterocycles. The zero-order valence-electron chi connectivity index (χ0n) is 14.6. The van der Waals surface area contributed by atoms with Crippen molar-refractivity contribution in [2.24, 2.45) is 0 Å². The Hall–Kier alpha value is -2.85. The van der Waals surface area contributed by atoms with Gasteiger partial charge in [-0.1, -0.05) is 47.7 Å². The molecule has 0 bridgehead atoms. The maximum absolute atomic E-state index is 6.32. The molecule has 128 valence electrons. The van der Waals surface area contributed by atoms with Crippen molar-refractivity contribution in [1.82, 2.24) is 0 Å². The average molecular weight is 360 g/mol. The van der Waals surface area contributed by atoms with Crippen molar-refractivity contribution in [3.8, 4) is 22.1 Å². The van der Waals surface area contributed by atoms with Crippen LogP contribution in [0.1, 0.15) is 17.5 Å². The lowest BCUT2D eigenvalue weighted by Gasteiger charge is -2.22. The summed E-state index contributed by atoms with van der Waals surface area (Å²) < 4.78 is 16.0. The number of rotatable bonds is 2. The molecule has 4 aromatic rings. The number of para-hydroxylation sites is 2. The molecule has 1 aliphatic heterocycles. The van der Waals surface area contributed by atoms with Gasteiger partial charge >= 0.3 is 6.41 Å². The Kier molecular flexibility index (Phi) is 3.47. The second-order valence-electron chi connectivity index (χ2n) is 6.55. The summed E-state index contributed by atoms with van der Waals surface area (Å²) in [5.41, 5.74) is 4.50. The minimum atomic E-state index is -0.531. The summed E-state index contributed by atoms with van der Waals surface area (Å²) in [6.07, 6.45) is -0.531. The predicted molar refractivity (Wildman–Crippen MR) is 104 cm³/mol. The van der Waals surface area contributed by atoms with E-state index in [0.29, 0.717) is 0 Å². The summed E-state index contributed by atoms with van der Waals surface area (Å²) in [5, 5.41) is 1.16. The van der Waals surface area contributed by atoms with Crippen molar-refractivity contribution in [3.05, 3.63) is 77.9 Å². The summed E-state index contributed by atoms with van der Waals surface area (Å²) in [6, 6.07) is 22.8. The van der Waals surface area contributed by atoms with E-state index in [-0.39, 0.29) is 0 Å². The van der Waals surface area contributed by atoms with Crippen molar-refractivity contribution in [3.63, 3.8) is 0 Å². The molecule has 1 atom stereocenters. The monoisotopic (exact) mass is 360 g/mol. The van der Waals surface area contributed by atoms with E-state index in [0.717, 1.165) is 33.2 Å². The van der Waals surface area contributed by atoms with Gasteiger partial charge in [0, 0.05) is 6.07 Å². The Balaban J connectivity index is 1.71. The summed E-state index contributed by atoms with van der Waals surface area (Å²) >= 11 is 1.77. The van der Waals surface area contributed by atoms with Gasteiger partial charge in [-0.05, 0) is 49.2 Å². The summed E-state index contributed by atoms with van der Waals surface area (Å²) in [6.45, 7) is 4.13. The molecule has 1 aliphatic rings. The second kappa shape index (κ2) is 5.85. The van der Waals surface area contributed by atoms with Crippen molar-refractivity contribution in [2.75, 3.05) is 0 Å². The van der Waals surface area contributed by atoms with Crippen LogP contribution in [0.3, 0.4) is 0 Å². The maximum Gasteiger partial charge on any atom is 0.469 e. The van der Waals surface area contributed by atoms with Crippen molar-refractivity contribution >= 4 is 21.6 Å². The molecule has 1 unspecified atom stereocenters. The van der Waals surface area contributed by atoms with Crippen LogP contribution in [0.2, 0.25) is 0 Å². The number of thiazole rings is 1. The fourth-order valence-corrected chi connectivity index (χ4v) is 4.53. The summed E-state index contributed by atoms with van der Waals surface area (Å²) in [5.74, 6) is 1.71. The molecule has 0 fully saturated rings. The zero-order chi connectivity index (χ0) is 17.7. The number of aromatic nitrogens is 1. The van der Waals surface area contributed by atoms with Gasteiger partial charge in [0.1, 0.15) is 21.8 Å². The van der Waals surface area contributed by atoms with E-state index in [9.17, 15) is 0 Å². The summed E-state index contributed by atoms with van der Waals surface area (Å²) in [4.78, 5) is 0. The topological polar surface area (TPSA) is 22.3 Å². The van der Waals surface area contributed by atoms with Crippen LogP contribution in [-0.4, -0.2) is 0 Å². The van der Waals surface area contributed by atoms with Crippen LogP contribution >= 0.6 is 11.3 Å². The Bertz CT molecular complexity index is 1130. The third-order valence-electron chi connectivity index (χ3n) is 4.68. The van der Waals surface area contributed by atoms with E-state index in [1.54, 1.807) is 11.3 Å². The molecule has 3 aromatic carbocycles. The summed E-state index contributed by atoms with van der Waals surface area (Å²) in [7, 11) is 0. The molecule has 0 amide bonds. The van der Waals surface area contributed by atoms with Gasteiger partial charge in [-0.2, -0.15) is 0 Å². The van der Waals surface area contributed by atoms with Crippen LogP contribution in [0.25, 0.3) is 20.8 Å². The fraction of sp³-hybridized carbons (Fsp3) is 0.136. The lowest BCUT2D eigenvalue weighted by molar-refractivity contribution is -0.757. The van der Waals surface area contributed by atoms with Gasteiger partial charge in [0.25, 0.3) is 5.01 Å². The zero-order valence-corrected chi connectivity index (χ0v) is 15.4. The van der Waals surface area contributed by atoms with E-state index in [4.69, 9.17) is 9.47 Å². The minimum Gasteiger partial charge on any atom is -0.401 e. The molecule has 4 heteroatoms. The van der Waals surface area contributed by atoms with Gasteiger partial charge in [-0.15, -0.1) is 4.57 Å². The van der Waals surface area contributed by atoms with E-state index >= 15 is 0 Å². The first-order valence-corrected chi connectivity index (χ1v) is 9.45. The third kappa shape index (κ3) is 2.37. The normalized spacial score (nSPS) is 15.2. The Morgan fingerprint density at radius 2 is 1.77 bits per heavy atom. The highest BCUT2D eigenvalue weighted by Crippen LogP contribution is 2.41. The van der Waals surface area contributed by atoms with Gasteiger partial charge in [-0.25, -0.2) is 0 Å². The van der Waals surface area contributed by atoms with Gasteiger partial charge in [0.2, 0.25) is 5.52 Å². The SMILES string of the molecule is Cc1ccc2c(c1)OC(Oc1ccccc1C)[n+]1c-2sc2ccccc21. The van der Waals surface area contributed by atoms with Crippen LogP contribution in [0, 0.1) is 13.8 Å². The number of nitrogens with zero attached hydrogens (tertiary/aromatic N) is 1. The van der Waals surface area contributed by atoms with Crippen LogP contribution in [-0.2, 0) is 0 Å². The number of benzene rings is 3. The van der Waals surface area contributed by atoms with Crippen LogP contribution in [0.4, 0.5) is 0 Å². The number of fused-ring (bicyclic) bond motifs is 5. The van der Waals surface area contributed by atoms with E-state index in [2.05, 4.69) is 54.0 Å². The number of hydrogen-bond acceptors (Lipinski definition) is 3. The second-order valence-corrected chi connectivity index (χ2v) is 7.58. The highest BCUT2D eigenvalue weighted by Gasteiger charge is 2.39. The largest absolute Gasteiger partial charge is 0.469 e. The van der Waals surface area contributed by atoms with Gasteiger partial charge in [0.15, 0.2) is 0 Å². The lowest BCUT2D eigenvalue weighted by atomic mass is 10.1. The Morgan fingerprint density at radius 3 is 2.65 bits per heavy atom. The number of ether oxygens (including phenoxy) is 2. The lowest BCUT2D eigenvalue weighted by Crippen LogP contribution is -2.48. The molecule has 0 radical (unpaired) electrons. The fourth-order valence-electron chi connectivity index (χ4n) is 3.34. The molecule has 0 N–H and O–H groups in total. The smallest absolute Gasteiger partial charge is 0.401 e. The van der Waals surface area contributed by atoms with Gasteiger partial charge < -0.3 is 9.47 Å². The van der Waals surface area contributed by atoms with E-state index < -0.39 is 6.41 Å². The van der Waals surface area contributed by atoms with Gasteiger partial charge in [0.05, 0.1) is 0 Å². The van der Waals surface area contributed by atoms with Gasteiger partial charge in [-0.3, -0.25) is 0 Å². The molecular formula is C22H18NO2S+. The number of hydrogen-bond donors (Lipinski definition) is 0. The quantitative estimate of drug-likeness (QED) is 0.447. The molecular weight excluding hydrogens is 342 g/mol. The molecule has 0 spiro atoms. The van der Waals surface area contributed by atoms with Crippen molar-refractivity contribution in [2.45, 2.75) is 20.3 Å². The van der Waals surface area contributed by atoms with Crippen LogP contribution < -0.4 is 14.0 Å². The Morgan fingerprint density at radius 1 is 0.962 bits per heavy atom. The maximum atomic E-state index is 6.32. The van der Waals surface area contributed by atoms with E-state index in [1.807, 2.05) is 31.2 Å². The van der Waals surface area contributed by atoms with Crippen molar-refractivity contribution in [1.29, 1.82) is 0 Å². The first-order chi connectivity index (χ1) is 12.7. The van der Waals surface area contributed by atoms with Crippen LogP contribution in [0.5, 0.6) is 11.5 Å². The average Bonchev–Trinajstić information content (AvgIpc) is 3.03. The standard InChI is InChI=1S/C22H18NO2S/c1-14-11-12-16-19(13-14)25-22(24-18-9-5-3-7-15(18)2)23-17-8-4-6-10-20(17)26-21(16)23/h3-13,22H,1-2H3/q+1. The Labute approximate surface area is 156 Å². The molecule has 0 saturated carbocycles. The molecule has 0 saturated heterocycles. The first kappa shape index (κ1) is 15.4. The third-order valence-corrected chi connectivity index (χ3v) is 5.85. The minimum absolute atomic E-state index is 0.531. The molecule has 5 rings (SSSR count). The number of aryl methyl sites for hydroxylation is 2. The first-order valence-electron chi connectivity index (χ1n) is 8.64. The predicted octanol–water partition coefficient (Wildman–Crippen LogP) is 5.40. The molecule has 0 aliphatic carbocycles. The molecule has 2 heterocycles. The highest BCUT2D eigenvalue weighted by molar-refractivity contribution is 7.21. The molecule has 26 heavy (non-hydrogen) atoms. The van der Waals surface area contributed by atoms with Crippen molar-refractivity contribution < 1.29 is 14.0 Å². The van der Waals surface area contributed by atoms with Crippen LogP contribution in [0.15, 0.2) is 66.7 Å². The van der Waals surface area contributed by atoms with E-state index in [1.165, 1.54) is 10.3 Å².